The summed E-state index contributed by atoms with van der Waals surface area (Å²) in [6, 6.07) is 0. The fourth-order valence-electron chi connectivity index (χ4n) is 3.06. The molecule has 1 amide bonds. The van der Waals surface area contributed by atoms with E-state index in [1.54, 1.807) is 0 Å². The standard InChI is InChI=1S/C19H40N2O2.ClHO4/c1-5-7-8-9-10-11-12-13-14-15-18(22)20-19(23)17-21(3,4)16-6-2;2-1(3,4)5/h19,23H,5-17H2,1-4H3;(H,2,3,4,5). The second kappa shape index (κ2) is 17.4. The molecular formula is C19H41ClN2O6. The van der Waals surface area contributed by atoms with E-state index >= 15 is 0 Å². The Morgan fingerprint density at radius 1 is 0.893 bits per heavy atom. The van der Waals surface area contributed by atoms with E-state index in [4.69, 9.17) is 18.6 Å². The van der Waals surface area contributed by atoms with Gasteiger partial charge < -0.3 is 14.9 Å². The van der Waals surface area contributed by atoms with E-state index in [-0.39, 0.29) is 5.91 Å². The van der Waals surface area contributed by atoms with E-state index in [9.17, 15) is 9.90 Å². The van der Waals surface area contributed by atoms with Crippen LogP contribution in [0.3, 0.4) is 0 Å². The zero-order valence-corrected chi connectivity index (χ0v) is 18.8. The van der Waals surface area contributed by atoms with Gasteiger partial charge in [0.25, 0.3) is 0 Å². The summed E-state index contributed by atoms with van der Waals surface area (Å²) in [6.45, 7) is 5.95. The van der Waals surface area contributed by atoms with Gasteiger partial charge in [0.15, 0.2) is 6.23 Å². The van der Waals surface area contributed by atoms with Crippen LogP contribution in [0.15, 0.2) is 0 Å². The first-order chi connectivity index (χ1) is 12.9. The molecule has 0 aliphatic heterocycles. The molecule has 0 aromatic rings. The molecule has 0 radical (unpaired) electrons. The number of unbranched alkanes of at least 4 members (excludes halogenated alkanes) is 8. The van der Waals surface area contributed by atoms with Crippen molar-refractivity contribution in [2.75, 3.05) is 27.2 Å². The Morgan fingerprint density at radius 2 is 1.32 bits per heavy atom. The first-order valence-electron chi connectivity index (χ1n) is 10.3. The van der Waals surface area contributed by atoms with Crippen molar-refractivity contribution in [1.82, 2.24) is 5.32 Å². The summed E-state index contributed by atoms with van der Waals surface area (Å²) in [6.07, 6.45) is 12.1. The van der Waals surface area contributed by atoms with Gasteiger partial charge in [-0.15, -0.1) is 10.2 Å². The molecule has 0 aliphatic carbocycles. The third kappa shape index (κ3) is 27.7. The summed E-state index contributed by atoms with van der Waals surface area (Å²) in [4.78, 5) is 11.8. The highest BCUT2D eigenvalue weighted by molar-refractivity contribution is 5.75. The molecule has 0 aromatic carbocycles. The number of amides is 1. The molecule has 9 heteroatoms. The second-order valence-electron chi connectivity index (χ2n) is 7.88. The second-order valence-corrected chi connectivity index (χ2v) is 8.64. The maximum absolute atomic E-state index is 11.8. The van der Waals surface area contributed by atoms with Crippen molar-refractivity contribution in [3.8, 4) is 0 Å². The van der Waals surface area contributed by atoms with Crippen LogP contribution >= 0.6 is 0 Å². The Hall–Kier alpha value is -0.480. The third-order valence-corrected chi connectivity index (χ3v) is 4.33. The van der Waals surface area contributed by atoms with Crippen molar-refractivity contribution in [2.24, 2.45) is 0 Å². The quantitative estimate of drug-likeness (QED) is 0.196. The summed E-state index contributed by atoms with van der Waals surface area (Å²) in [7, 11) is -0.779. The summed E-state index contributed by atoms with van der Waals surface area (Å²) in [5.74, 6) is -0.0167. The van der Waals surface area contributed by atoms with E-state index in [0.717, 1.165) is 30.3 Å². The number of hydrogen-bond acceptors (Lipinski definition) is 6. The smallest absolute Gasteiger partial charge is 0.222 e. The highest BCUT2D eigenvalue weighted by atomic mass is 35.7. The summed E-state index contributed by atoms with van der Waals surface area (Å²) >= 11 is 0. The van der Waals surface area contributed by atoms with Crippen LogP contribution < -0.4 is 24.0 Å². The maximum atomic E-state index is 11.8. The van der Waals surface area contributed by atoms with Gasteiger partial charge >= 0.3 is 0 Å². The van der Waals surface area contributed by atoms with E-state index in [1.165, 1.54) is 44.9 Å². The Labute approximate surface area is 172 Å². The number of hydrogen-bond donors (Lipinski definition) is 2. The molecule has 0 saturated carbocycles. The fourth-order valence-corrected chi connectivity index (χ4v) is 3.06. The maximum Gasteiger partial charge on any atom is 0.222 e. The van der Waals surface area contributed by atoms with Crippen molar-refractivity contribution >= 4 is 5.91 Å². The Bertz CT molecular complexity index is 372. The zero-order chi connectivity index (χ0) is 22.1. The number of aliphatic hydroxyl groups excluding tert-OH is 1. The van der Waals surface area contributed by atoms with E-state index in [0.29, 0.717) is 13.0 Å². The molecule has 0 saturated heterocycles. The van der Waals surface area contributed by atoms with Gasteiger partial charge in [-0.3, -0.25) is 4.79 Å². The Kier molecular flexibility index (Phi) is 18.5. The lowest BCUT2D eigenvalue weighted by Gasteiger charge is -2.31. The van der Waals surface area contributed by atoms with Crippen molar-refractivity contribution in [1.29, 1.82) is 0 Å². The summed E-state index contributed by atoms with van der Waals surface area (Å²) < 4.78 is 34.7. The average Bonchev–Trinajstić information content (AvgIpc) is 2.50. The number of carbonyl (C=O) groups excluding carboxylic acids is 1. The van der Waals surface area contributed by atoms with Crippen LogP contribution in [0.4, 0.5) is 0 Å². The van der Waals surface area contributed by atoms with Gasteiger partial charge in [0.1, 0.15) is 6.54 Å². The van der Waals surface area contributed by atoms with Crippen LogP contribution in [0.25, 0.3) is 0 Å². The predicted octanol–water partition coefficient (Wildman–Crippen LogP) is -0.928. The zero-order valence-electron chi connectivity index (χ0n) is 18.1. The molecule has 170 valence electrons. The highest BCUT2D eigenvalue weighted by Crippen LogP contribution is 2.10. The number of rotatable bonds is 15. The number of aliphatic hydroxyl groups is 1. The minimum absolute atomic E-state index is 0.0167. The van der Waals surface area contributed by atoms with Gasteiger partial charge in [0, 0.05) is 6.42 Å². The average molecular weight is 429 g/mol. The van der Waals surface area contributed by atoms with Crippen molar-refractivity contribution in [3.05, 3.63) is 0 Å². The van der Waals surface area contributed by atoms with Crippen molar-refractivity contribution in [3.63, 3.8) is 0 Å². The van der Waals surface area contributed by atoms with Gasteiger partial charge in [0.05, 0.1) is 20.6 Å². The molecule has 0 heterocycles. The first kappa shape index (κ1) is 29.7. The molecular weight excluding hydrogens is 388 g/mol. The normalized spacial score (nSPS) is 12.9. The molecule has 0 aromatic heterocycles. The lowest BCUT2D eigenvalue weighted by atomic mass is 10.1. The monoisotopic (exact) mass is 428 g/mol. The Balaban J connectivity index is 0. The highest BCUT2D eigenvalue weighted by Gasteiger charge is 2.20. The molecule has 1 atom stereocenters. The van der Waals surface area contributed by atoms with E-state index < -0.39 is 16.5 Å². The van der Waals surface area contributed by atoms with Crippen LogP contribution in [0.1, 0.15) is 84.5 Å². The lowest BCUT2D eigenvalue weighted by molar-refractivity contribution is -2.00. The van der Waals surface area contributed by atoms with E-state index in [1.807, 2.05) is 0 Å². The number of nitrogens with one attached hydrogen (secondary N) is 1. The molecule has 8 nitrogen and oxygen atoms in total. The van der Waals surface area contributed by atoms with Crippen LogP contribution in [0.2, 0.25) is 0 Å². The first-order valence-corrected chi connectivity index (χ1v) is 11.6. The number of nitrogens with zero attached hydrogens (tertiary/aromatic N) is 1. The Morgan fingerprint density at radius 3 is 1.75 bits per heavy atom. The van der Waals surface area contributed by atoms with Crippen molar-refractivity contribution < 1.29 is 43.3 Å². The van der Waals surface area contributed by atoms with Gasteiger partial charge in [-0.25, -0.2) is 18.6 Å². The molecule has 0 bridgehead atoms. The van der Waals surface area contributed by atoms with Gasteiger partial charge in [-0.1, -0.05) is 65.2 Å². The minimum atomic E-state index is -4.94. The number of halogens is 1. The van der Waals surface area contributed by atoms with E-state index in [2.05, 4.69) is 33.3 Å². The molecule has 0 spiro atoms. The minimum Gasteiger partial charge on any atom is -0.368 e. The number of carbonyl (C=O) groups is 1. The summed E-state index contributed by atoms with van der Waals surface area (Å²) in [5.41, 5.74) is 0. The summed E-state index contributed by atoms with van der Waals surface area (Å²) in [5, 5.41) is 12.7. The molecule has 2 N–H and O–H groups in total. The predicted molar refractivity (Wildman–Crippen MR) is 98.1 cm³/mol. The lowest BCUT2D eigenvalue weighted by Crippen LogP contribution is -2.68. The van der Waals surface area contributed by atoms with Gasteiger partial charge in [-0.2, -0.15) is 0 Å². The third-order valence-electron chi connectivity index (χ3n) is 4.33. The van der Waals surface area contributed by atoms with Crippen LogP contribution in [-0.2, 0) is 4.79 Å². The van der Waals surface area contributed by atoms with Crippen LogP contribution in [0, 0.1) is 10.2 Å². The largest absolute Gasteiger partial charge is 0.368 e. The van der Waals surface area contributed by atoms with Gasteiger partial charge in [-0.05, 0) is 12.8 Å². The van der Waals surface area contributed by atoms with Crippen molar-refractivity contribution in [2.45, 2.75) is 90.7 Å². The molecule has 0 aliphatic rings. The number of quaternary nitrogens is 1. The van der Waals surface area contributed by atoms with Gasteiger partial charge in [0.2, 0.25) is 5.91 Å². The molecule has 28 heavy (non-hydrogen) atoms. The van der Waals surface area contributed by atoms with Crippen LogP contribution in [-0.4, -0.2) is 48.9 Å². The number of likely N-dealkylation sites (N-methyl/N-ethyl adjacent to an activating group) is 1. The topological polar surface area (TPSA) is 142 Å². The fraction of sp³-hybridized carbons (Fsp3) is 0.947. The molecule has 0 rings (SSSR count). The SMILES string of the molecule is CCCCCCCCCCCC(=O)NC(O)C[N+](C)(C)CCC.[O-][Cl+3]([O-])([O-])[O-]. The van der Waals surface area contributed by atoms with Crippen LogP contribution in [0.5, 0.6) is 0 Å². The molecule has 0 fully saturated rings. The molecule has 1 unspecified atom stereocenters.